The van der Waals surface area contributed by atoms with Gasteiger partial charge in [0.1, 0.15) is 5.75 Å². The smallest absolute Gasteiger partial charge is 0.193 e. The molecule has 3 N–H and O–H groups in total. The Labute approximate surface area is 130 Å². The van der Waals surface area contributed by atoms with Gasteiger partial charge in [0.2, 0.25) is 0 Å². The second kappa shape index (κ2) is 7.31. The summed E-state index contributed by atoms with van der Waals surface area (Å²) in [5.41, 5.74) is 8.66. The Hall–Kier alpha value is -2.76. The van der Waals surface area contributed by atoms with Crippen LogP contribution in [-0.2, 0) is 6.54 Å². The molecule has 1 heterocycles. The van der Waals surface area contributed by atoms with Gasteiger partial charge in [-0.1, -0.05) is 6.07 Å². The molecule has 0 amide bonds. The molecule has 1 aromatic heterocycles. The minimum absolute atomic E-state index is 0.337. The lowest BCUT2D eigenvalue weighted by atomic mass is 10.3. The predicted octanol–water partition coefficient (Wildman–Crippen LogP) is 2.08. The van der Waals surface area contributed by atoms with E-state index in [0.29, 0.717) is 12.5 Å². The number of pyridine rings is 1. The highest BCUT2D eigenvalue weighted by Gasteiger charge is 2.05. The Morgan fingerprint density at radius 1 is 1.32 bits per heavy atom. The van der Waals surface area contributed by atoms with Crippen LogP contribution in [0.3, 0.4) is 0 Å². The van der Waals surface area contributed by atoms with Gasteiger partial charge in [-0.25, -0.2) is 4.99 Å². The van der Waals surface area contributed by atoms with E-state index >= 15 is 0 Å². The summed E-state index contributed by atoms with van der Waals surface area (Å²) in [7, 11) is 5.57. The number of rotatable bonds is 5. The van der Waals surface area contributed by atoms with Crippen molar-refractivity contribution in [1.82, 2.24) is 4.98 Å². The van der Waals surface area contributed by atoms with Crippen LogP contribution in [0.25, 0.3) is 0 Å². The maximum absolute atomic E-state index is 5.93. The second-order valence-electron chi connectivity index (χ2n) is 4.92. The third-order valence-electron chi connectivity index (χ3n) is 3.09. The lowest BCUT2D eigenvalue weighted by Crippen LogP contribution is -2.23. The van der Waals surface area contributed by atoms with Gasteiger partial charge in [0.05, 0.1) is 25.0 Å². The van der Waals surface area contributed by atoms with Crippen LogP contribution in [0.2, 0.25) is 0 Å². The zero-order chi connectivity index (χ0) is 15.9. The number of aliphatic imine (C=N–C) groups is 1. The molecule has 6 nitrogen and oxygen atoms in total. The molecule has 0 unspecified atom stereocenters. The maximum atomic E-state index is 5.93. The summed E-state index contributed by atoms with van der Waals surface area (Å²) in [6.45, 7) is 0.414. The Morgan fingerprint density at radius 2 is 2.14 bits per heavy atom. The Balaban J connectivity index is 2.07. The lowest BCUT2D eigenvalue weighted by molar-refractivity contribution is 0.415. The second-order valence-corrected chi connectivity index (χ2v) is 4.92. The van der Waals surface area contributed by atoms with E-state index < -0.39 is 0 Å². The van der Waals surface area contributed by atoms with Crippen LogP contribution < -0.4 is 20.7 Å². The van der Waals surface area contributed by atoms with Gasteiger partial charge in [-0.3, -0.25) is 4.98 Å². The monoisotopic (exact) mass is 299 g/mol. The van der Waals surface area contributed by atoms with Crippen LogP contribution in [0, 0.1) is 0 Å². The normalized spacial score (nSPS) is 11.1. The Morgan fingerprint density at radius 3 is 2.86 bits per heavy atom. The molecule has 22 heavy (non-hydrogen) atoms. The van der Waals surface area contributed by atoms with Gasteiger partial charge in [0.15, 0.2) is 5.96 Å². The minimum atomic E-state index is 0.337. The molecule has 2 aromatic rings. The number of benzene rings is 1. The molecule has 0 fully saturated rings. The first kappa shape index (κ1) is 15.6. The van der Waals surface area contributed by atoms with Crippen LogP contribution in [-0.4, -0.2) is 32.1 Å². The fourth-order valence-corrected chi connectivity index (χ4v) is 2.01. The topological polar surface area (TPSA) is 75.8 Å². The number of hydrogen-bond acceptors (Lipinski definition) is 4. The SMILES string of the molecule is COc1cccc(NC(N)=NCc2ncccc2N(C)C)c1. The molecule has 0 saturated carbocycles. The number of methoxy groups -OCH3 is 1. The molecule has 1 aromatic carbocycles. The number of hydrogen-bond donors (Lipinski definition) is 2. The van der Waals surface area contributed by atoms with Crippen LogP contribution >= 0.6 is 0 Å². The van der Waals surface area contributed by atoms with Crippen molar-refractivity contribution in [2.24, 2.45) is 10.7 Å². The van der Waals surface area contributed by atoms with Crippen molar-refractivity contribution < 1.29 is 4.74 Å². The van der Waals surface area contributed by atoms with Crippen molar-refractivity contribution in [3.05, 3.63) is 48.3 Å². The summed E-state index contributed by atoms with van der Waals surface area (Å²) >= 11 is 0. The van der Waals surface area contributed by atoms with Gasteiger partial charge in [-0.15, -0.1) is 0 Å². The first-order valence-electron chi connectivity index (χ1n) is 6.92. The van der Waals surface area contributed by atoms with E-state index in [-0.39, 0.29) is 0 Å². The quantitative estimate of drug-likeness (QED) is 0.653. The standard InChI is InChI=1S/C16H21N5O/c1-21(2)15-8-5-9-18-14(15)11-19-16(17)20-12-6-4-7-13(10-12)22-3/h4-10H,11H2,1-3H3,(H3,17,19,20). The molecule has 0 bridgehead atoms. The highest BCUT2D eigenvalue weighted by Crippen LogP contribution is 2.17. The summed E-state index contributed by atoms with van der Waals surface area (Å²) in [4.78, 5) is 10.7. The lowest BCUT2D eigenvalue weighted by Gasteiger charge is -2.15. The number of nitrogens with zero attached hydrogens (tertiary/aromatic N) is 3. The van der Waals surface area contributed by atoms with Crippen molar-refractivity contribution in [3.63, 3.8) is 0 Å². The van der Waals surface area contributed by atoms with E-state index in [1.807, 2.05) is 55.4 Å². The van der Waals surface area contributed by atoms with E-state index in [0.717, 1.165) is 22.8 Å². The summed E-state index contributed by atoms with van der Waals surface area (Å²) in [5.74, 6) is 1.10. The number of aromatic nitrogens is 1. The Bertz CT molecular complexity index is 654. The van der Waals surface area contributed by atoms with Crippen molar-refractivity contribution in [3.8, 4) is 5.75 Å². The third kappa shape index (κ3) is 4.12. The van der Waals surface area contributed by atoms with Crippen molar-refractivity contribution in [2.75, 3.05) is 31.4 Å². The van der Waals surface area contributed by atoms with Crippen LogP contribution in [0.5, 0.6) is 5.75 Å². The average Bonchev–Trinajstić information content (AvgIpc) is 2.53. The van der Waals surface area contributed by atoms with Gasteiger partial charge >= 0.3 is 0 Å². The molecule has 0 aliphatic rings. The molecule has 0 saturated heterocycles. The molecule has 6 heteroatoms. The zero-order valence-corrected chi connectivity index (χ0v) is 13.1. The van der Waals surface area contributed by atoms with E-state index in [2.05, 4.69) is 15.3 Å². The first-order valence-corrected chi connectivity index (χ1v) is 6.92. The van der Waals surface area contributed by atoms with Crippen molar-refractivity contribution in [1.29, 1.82) is 0 Å². The average molecular weight is 299 g/mol. The minimum Gasteiger partial charge on any atom is -0.497 e. The fraction of sp³-hybridized carbons (Fsp3) is 0.250. The molecule has 2 rings (SSSR count). The molecular weight excluding hydrogens is 278 g/mol. The van der Waals surface area contributed by atoms with E-state index in [1.165, 1.54) is 0 Å². The number of ether oxygens (including phenoxy) is 1. The third-order valence-corrected chi connectivity index (χ3v) is 3.09. The first-order chi connectivity index (χ1) is 10.6. The van der Waals surface area contributed by atoms with Crippen LogP contribution in [0.15, 0.2) is 47.6 Å². The number of nitrogens with one attached hydrogen (secondary N) is 1. The molecule has 0 spiro atoms. The van der Waals surface area contributed by atoms with Gasteiger partial charge in [0, 0.05) is 32.0 Å². The highest BCUT2D eigenvalue weighted by molar-refractivity contribution is 5.92. The zero-order valence-electron chi connectivity index (χ0n) is 13.1. The molecule has 0 radical (unpaired) electrons. The summed E-state index contributed by atoms with van der Waals surface area (Å²) in [6.07, 6.45) is 1.75. The predicted molar refractivity (Wildman–Crippen MR) is 90.5 cm³/mol. The highest BCUT2D eigenvalue weighted by atomic mass is 16.5. The van der Waals surface area contributed by atoms with Gasteiger partial charge < -0.3 is 20.7 Å². The summed E-state index contributed by atoms with van der Waals surface area (Å²) < 4.78 is 5.17. The van der Waals surface area contributed by atoms with Gasteiger partial charge in [0.25, 0.3) is 0 Å². The number of guanidine groups is 1. The molecule has 0 aliphatic carbocycles. The molecule has 0 atom stereocenters. The molecule has 116 valence electrons. The van der Waals surface area contributed by atoms with E-state index in [1.54, 1.807) is 13.3 Å². The molecular formula is C16H21N5O. The largest absolute Gasteiger partial charge is 0.497 e. The van der Waals surface area contributed by atoms with Crippen LogP contribution in [0.4, 0.5) is 11.4 Å². The van der Waals surface area contributed by atoms with Crippen LogP contribution in [0.1, 0.15) is 5.69 Å². The molecule has 0 aliphatic heterocycles. The summed E-state index contributed by atoms with van der Waals surface area (Å²) in [5, 5.41) is 3.04. The number of anilines is 2. The maximum Gasteiger partial charge on any atom is 0.193 e. The number of nitrogens with two attached hydrogens (primary N) is 1. The van der Waals surface area contributed by atoms with Crippen molar-refractivity contribution >= 4 is 17.3 Å². The Kier molecular flexibility index (Phi) is 5.19. The van der Waals surface area contributed by atoms with E-state index in [9.17, 15) is 0 Å². The fourth-order valence-electron chi connectivity index (χ4n) is 2.01. The van der Waals surface area contributed by atoms with Gasteiger partial charge in [-0.2, -0.15) is 0 Å². The van der Waals surface area contributed by atoms with Gasteiger partial charge in [-0.05, 0) is 24.3 Å². The van der Waals surface area contributed by atoms with E-state index in [4.69, 9.17) is 10.5 Å². The summed E-state index contributed by atoms with van der Waals surface area (Å²) in [6, 6.07) is 11.4. The van der Waals surface area contributed by atoms with Crippen molar-refractivity contribution in [2.45, 2.75) is 6.54 Å².